The van der Waals surface area contributed by atoms with E-state index in [-0.39, 0.29) is 12.1 Å². The molecule has 2 saturated carbocycles. The summed E-state index contributed by atoms with van der Waals surface area (Å²) in [5.41, 5.74) is -0.446. The minimum absolute atomic E-state index is 0.165. The minimum Gasteiger partial charge on any atom is -0.444 e. The zero-order valence-electron chi connectivity index (χ0n) is 13.8. The molecular weight excluding hydrogens is 268 g/mol. The topological polar surface area (TPSA) is 59.6 Å². The van der Waals surface area contributed by atoms with E-state index in [9.17, 15) is 4.79 Å². The molecule has 2 aliphatic carbocycles. The van der Waals surface area contributed by atoms with Crippen molar-refractivity contribution in [3.05, 3.63) is 0 Å². The summed E-state index contributed by atoms with van der Waals surface area (Å²) in [5, 5.41) is 6.60. The van der Waals surface area contributed by atoms with E-state index in [2.05, 4.69) is 10.6 Å². The Balaban J connectivity index is 1.77. The maximum absolute atomic E-state index is 11.9. The zero-order chi connectivity index (χ0) is 15.5. The fourth-order valence-electron chi connectivity index (χ4n) is 2.61. The molecule has 2 N–H and O–H groups in total. The Kier molecular flexibility index (Phi) is 5.49. The Labute approximate surface area is 128 Å². The van der Waals surface area contributed by atoms with Crippen molar-refractivity contribution in [1.29, 1.82) is 0 Å². The lowest BCUT2D eigenvalue weighted by atomic mass is 10.1. The van der Waals surface area contributed by atoms with Gasteiger partial charge in [0.1, 0.15) is 5.60 Å². The number of hydrogen-bond donors (Lipinski definition) is 2. The van der Waals surface area contributed by atoms with Crippen LogP contribution in [0.15, 0.2) is 0 Å². The van der Waals surface area contributed by atoms with E-state index in [1.54, 1.807) is 7.11 Å². The van der Waals surface area contributed by atoms with E-state index >= 15 is 0 Å². The van der Waals surface area contributed by atoms with Gasteiger partial charge in [-0.3, -0.25) is 0 Å². The van der Waals surface area contributed by atoms with Gasteiger partial charge in [-0.25, -0.2) is 4.79 Å². The largest absolute Gasteiger partial charge is 0.444 e. The number of rotatable bonds is 8. The summed E-state index contributed by atoms with van der Waals surface area (Å²) in [6.07, 6.45) is 4.65. The molecule has 2 rings (SSSR count). The van der Waals surface area contributed by atoms with E-state index in [1.165, 1.54) is 25.7 Å². The van der Waals surface area contributed by atoms with Crippen molar-refractivity contribution >= 4 is 6.09 Å². The molecule has 0 aliphatic heterocycles. The quantitative estimate of drug-likeness (QED) is 0.722. The Bertz CT molecular complexity index is 346. The molecule has 5 nitrogen and oxygen atoms in total. The summed E-state index contributed by atoms with van der Waals surface area (Å²) in [7, 11) is 1.74. The number of nitrogens with one attached hydrogen (secondary N) is 2. The van der Waals surface area contributed by atoms with Gasteiger partial charge in [0.15, 0.2) is 0 Å². The molecule has 0 radical (unpaired) electrons. The Hall–Kier alpha value is -0.810. The first-order valence-corrected chi connectivity index (χ1v) is 8.11. The number of alkyl carbamates (subject to hydrolysis) is 1. The van der Waals surface area contributed by atoms with Crippen LogP contribution in [0.4, 0.5) is 4.79 Å². The summed E-state index contributed by atoms with van der Waals surface area (Å²) < 4.78 is 10.6. The van der Waals surface area contributed by atoms with Crippen LogP contribution in [0, 0.1) is 11.8 Å². The molecule has 122 valence electrons. The molecule has 0 aromatic carbocycles. The molecule has 1 amide bonds. The number of carbonyl (C=O) groups excluding carboxylic acids is 1. The average Bonchev–Trinajstić information content (AvgIpc) is 3.24. The van der Waals surface area contributed by atoms with E-state index in [0.29, 0.717) is 12.0 Å². The monoisotopic (exact) mass is 298 g/mol. The fraction of sp³-hybridized carbons (Fsp3) is 0.938. The first-order valence-electron chi connectivity index (χ1n) is 8.11. The second-order valence-electron chi connectivity index (χ2n) is 7.40. The van der Waals surface area contributed by atoms with Crippen LogP contribution in [0.2, 0.25) is 0 Å². The summed E-state index contributed by atoms with van der Waals surface area (Å²) in [6.45, 7) is 7.21. The van der Waals surface area contributed by atoms with E-state index in [4.69, 9.17) is 9.47 Å². The summed E-state index contributed by atoms with van der Waals surface area (Å²) in [5.74, 6) is 1.33. The molecule has 0 aromatic heterocycles. The van der Waals surface area contributed by atoms with Crippen LogP contribution in [0.3, 0.4) is 0 Å². The van der Waals surface area contributed by atoms with E-state index < -0.39 is 5.60 Å². The first-order chi connectivity index (χ1) is 9.89. The van der Waals surface area contributed by atoms with Gasteiger partial charge in [0.05, 0.1) is 6.61 Å². The lowest BCUT2D eigenvalue weighted by Gasteiger charge is -2.26. The lowest BCUT2D eigenvalue weighted by molar-refractivity contribution is 0.0495. The van der Waals surface area contributed by atoms with Gasteiger partial charge >= 0.3 is 6.09 Å². The van der Waals surface area contributed by atoms with Crippen LogP contribution in [-0.2, 0) is 9.47 Å². The van der Waals surface area contributed by atoms with Crippen molar-refractivity contribution in [3.8, 4) is 0 Å². The van der Waals surface area contributed by atoms with Crippen molar-refractivity contribution in [2.24, 2.45) is 11.8 Å². The van der Waals surface area contributed by atoms with Crippen molar-refractivity contribution in [3.63, 3.8) is 0 Å². The number of carbonyl (C=O) groups is 1. The molecule has 21 heavy (non-hydrogen) atoms. The summed E-state index contributed by atoms with van der Waals surface area (Å²) >= 11 is 0. The van der Waals surface area contributed by atoms with E-state index in [0.717, 1.165) is 19.1 Å². The van der Waals surface area contributed by atoms with Crippen LogP contribution >= 0.6 is 0 Å². The van der Waals surface area contributed by atoms with Crippen LogP contribution in [-0.4, -0.2) is 44.0 Å². The highest BCUT2D eigenvalue weighted by Gasteiger charge is 2.36. The summed E-state index contributed by atoms with van der Waals surface area (Å²) in [4.78, 5) is 11.9. The van der Waals surface area contributed by atoms with Crippen LogP contribution in [0.5, 0.6) is 0 Å². The predicted molar refractivity (Wildman–Crippen MR) is 82.3 cm³/mol. The molecule has 0 saturated heterocycles. The second-order valence-corrected chi connectivity index (χ2v) is 7.40. The van der Waals surface area contributed by atoms with Crippen LogP contribution < -0.4 is 10.6 Å². The Morgan fingerprint density at radius 3 is 2.19 bits per heavy atom. The molecule has 0 spiro atoms. The van der Waals surface area contributed by atoms with Gasteiger partial charge in [0.2, 0.25) is 0 Å². The van der Waals surface area contributed by atoms with Gasteiger partial charge in [-0.1, -0.05) is 0 Å². The molecular formula is C16H30N2O3. The van der Waals surface area contributed by atoms with Gasteiger partial charge in [-0.05, 0) is 58.3 Å². The predicted octanol–water partition coefficient (Wildman–Crippen LogP) is 2.30. The normalized spacial score (nSPS) is 21.7. The SMILES string of the molecule is COCC(NCC(NC(=O)OC(C)(C)C)C1CC1)C1CC1. The highest BCUT2D eigenvalue weighted by molar-refractivity contribution is 5.68. The van der Waals surface area contributed by atoms with Gasteiger partial charge in [0, 0.05) is 25.7 Å². The van der Waals surface area contributed by atoms with Crippen LogP contribution in [0.1, 0.15) is 46.5 Å². The minimum atomic E-state index is -0.446. The van der Waals surface area contributed by atoms with Gasteiger partial charge in [-0.15, -0.1) is 0 Å². The molecule has 0 aromatic rings. The Morgan fingerprint density at radius 1 is 1.14 bits per heavy atom. The number of amides is 1. The third-order valence-corrected chi connectivity index (χ3v) is 4.03. The molecule has 0 heterocycles. The number of methoxy groups -OCH3 is 1. The molecule has 5 heteroatoms. The summed E-state index contributed by atoms with van der Waals surface area (Å²) in [6, 6.07) is 0.578. The number of ether oxygens (including phenoxy) is 2. The molecule has 2 fully saturated rings. The van der Waals surface area contributed by atoms with Crippen molar-refractivity contribution in [1.82, 2.24) is 10.6 Å². The van der Waals surface area contributed by atoms with Gasteiger partial charge < -0.3 is 20.1 Å². The third kappa shape index (κ3) is 6.22. The fourth-order valence-corrected chi connectivity index (χ4v) is 2.61. The van der Waals surface area contributed by atoms with Gasteiger partial charge in [0.25, 0.3) is 0 Å². The second kappa shape index (κ2) is 6.97. The highest BCUT2D eigenvalue weighted by Crippen LogP contribution is 2.34. The van der Waals surface area contributed by atoms with Crippen molar-refractivity contribution < 1.29 is 14.3 Å². The molecule has 2 aliphatic rings. The third-order valence-electron chi connectivity index (χ3n) is 4.03. The highest BCUT2D eigenvalue weighted by atomic mass is 16.6. The average molecular weight is 298 g/mol. The molecule has 2 unspecified atom stereocenters. The maximum Gasteiger partial charge on any atom is 0.407 e. The maximum atomic E-state index is 11.9. The standard InChI is InChI=1S/C16H30N2O3/c1-16(2,3)21-15(19)18-13(11-5-6-11)9-17-14(10-20-4)12-7-8-12/h11-14,17H,5-10H2,1-4H3,(H,18,19). The smallest absolute Gasteiger partial charge is 0.407 e. The van der Waals surface area contributed by atoms with Gasteiger partial charge in [-0.2, -0.15) is 0 Å². The lowest BCUT2D eigenvalue weighted by Crippen LogP contribution is -2.48. The van der Waals surface area contributed by atoms with Crippen molar-refractivity contribution in [2.45, 2.75) is 64.1 Å². The Morgan fingerprint density at radius 2 is 1.71 bits per heavy atom. The van der Waals surface area contributed by atoms with E-state index in [1.807, 2.05) is 20.8 Å². The zero-order valence-corrected chi connectivity index (χ0v) is 13.8. The molecule has 2 atom stereocenters. The molecule has 0 bridgehead atoms. The van der Waals surface area contributed by atoms with Crippen molar-refractivity contribution in [2.75, 3.05) is 20.3 Å². The first kappa shape index (κ1) is 16.6. The number of hydrogen-bond acceptors (Lipinski definition) is 4. The van der Waals surface area contributed by atoms with Crippen LogP contribution in [0.25, 0.3) is 0 Å².